The Morgan fingerprint density at radius 3 is 1.51 bits per heavy atom. The number of benzene rings is 4. The van der Waals surface area contributed by atoms with Gasteiger partial charge in [0.15, 0.2) is 11.5 Å². The Morgan fingerprint density at radius 2 is 1.06 bits per heavy atom. The van der Waals surface area contributed by atoms with Crippen LogP contribution < -0.4 is 8.97 Å². The Bertz CT molecular complexity index is 3800. The number of aromatic nitrogens is 2. The van der Waals surface area contributed by atoms with Crippen molar-refractivity contribution in [2.45, 2.75) is 129 Å². The van der Waals surface area contributed by atoms with E-state index in [4.69, 9.17) is 13.8 Å². The molecule has 85 heavy (non-hydrogen) atoms. The molecule has 0 radical (unpaired) electrons. The summed E-state index contributed by atoms with van der Waals surface area (Å²) in [5, 5.41) is 7.98. The average Bonchev–Trinajstić information content (AvgIpc) is 1.82. The van der Waals surface area contributed by atoms with Gasteiger partial charge in [-0.05, 0) is 128 Å². The molecule has 4 fully saturated rings. The summed E-state index contributed by atoms with van der Waals surface area (Å²) in [4.78, 5) is 47.2. The van der Waals surface area contributed by atoms with E-state index in [1.54, 1.807) is 39.8 Å². The lowest BCUT2D eigenvalue weighted by Crippen LogP contribution is -2.85. The number of halogens is 3. The van der Waals surface area contributed by atoms with E-state index in [1.165, 1.54) is 27.4 Å². The summed E-state index contributed by atoms with van der Waals surface area (Å²) in [7, 11) is -8.75. The zero-order valence-corrected chi connectivity index (χ0v) is 51.8. The topological polar surface area (TPSA) is 194 Å². The predicted octanol–water partition coefficient (Wildman–Crippen LogP) is 8.51. The number of carbonyl (C=O) groups is 3. The number of hydrogen-bond donors (Lipinski definition) is 0. The first kappa shape index (κ1) is 61.3. The molecule has 4 saturated heterocycles. The number of hydrogen-bond acceptors (Lipinski definition) is 12. The summed E-state index contributed by atoms with van der Waals surface area (Å²) in [6.07, 6.45) is -5.23. The van der Waals surface area contributed by atoms with E-state index < -0.39 is 78.8 Å². The number of sulfonamides is 2. The molecule has 4 aromatic carbocycles. The second kappa shape index (κ2) is 22.2. The van der Waals surface area contributed by atoms with E-state index in [0.29, 0.717) is 28.8 Å². The van der Waals surface area contributed by atoms with Crippen LogP contribution in [0.25, 0.3) is 0 Å². The van der Waals surface area contributed by atoms with Crippen LogP contribution in [0.4, 0.5) is 24.5 Å². The van der Waals surface area contributed by atoms with Crippen molar-refractivity contribution in [2.24, 2.45) is 0 Å². The molecule has 18 nitrogen and oxygen atoms in total. The number of piperazine rings is 2. The first-order chi connectivity index (χ1) is 39.9. The quantitative estimate of drug-likeness (QED) is 0.0609. The van der Waals surface area contributed by atoms with Crippen molar-refractivity contribution < 1.29 is 58.2 Å². The van der Waals surface area contributed by atoms with Crippen molar-refractivity contribution >= 4 is 49.7 Å². The van der Waals surface area contributed by atoms with Crippen LogP contribution >= 0.6 is 0 Å². The molecule has 2 amide bonds. The zero-order valence-electron chi connectivity index (χ0n) is 50.2. The molecule has 6 aromatic rings. The second-order valence-corrected chi connectivity index (χ2v) is 27.9. The van der Waals surface area contributed by atoms with E-state index in [1.807, 2.05) is 96.1 Å². The molecule has 4 aliphatic heterocycles. The minimum atomic E-state index is -5.66. The van der Waals surface area contributed by atoms with Gasteiger partial charge in [0.25, 0.3) is 0 Å². The third kappa shape index (κ3) is 10.1. The molecule has 23 heteroatoms. The van der Waals surface area contributed by atoms with Crippen LogP contribution in [-0.4, -0.2) is 160 Å². The number of amides is 2. The minimum Gasteiger partial charge on any atom is -0.392 e. The summed E-state index contributed by atoms with van der Waals surface area (Å²) in [6, 6.07) is 21.3. The maximum Gasteiger partial charge on any atom is 0.491 e. The fourth-order valence-electron chi connectivity index (χ4n) is 15.1. The fraction of sp³-hybridized carbons (Fsp3) is 0.468. The largest absolute Gasteiger partial charge is 0.491 e. The standard InChI is InChI=1S/C62H75F3N8O10S2/c1-37-19-21-39(3)51(29-37)72(53-33-70(84(77,78)57-45(9)66-82-47(57)11)31-49(53)55-41(5)15-13-16-42(55)6)26-24-69(25-27-72)59(75)61(81-60(76)62(63,64)65)35-68(36-74)23-28-73(61,52-30-38(2)20-22-40(52)4)54-34-71(85(79,80)58-46(10)67-83-48(58)12)32-50(54)56-43(7)17-14-18-44(56)8/h13-22,29-30,36,49-50,53-54H,23-28,31-35H2,1-12H3/q+2/t49-,50-,53-,54-,61?,73-/m0/s1. The highest BCUT2D eigenvalue weighted by Crippen LogP contribution is 2.52. The zero-order chi connectivity index (χ0) is 61.7. The van der Waals surface area contributed by atoms with Gasteiger partial charge in [-0.1, -0.05) is 71.0 Å². The van der Waals surface area contributed by atoms with Crippen molar-refractivity contribution in [3.63, 3.8) is 0 Å². The maximum absolute atomic E-state index is 17.1. The number of ether oxygens (including phenoxy) is 1. The van der Waals surface area contributed by atoms with Gasteiger partial charge in [-0.3, -0.25) is 14.1 Å². The molecule has 10 rings (SSSR count). The highest BCUT2D eigenvalue weighted by atomic mass is 32.2. The normalized spacial score (nSPS) is 24.3. The predicted molar refractivity (Wildman–Crippen MR) is 313 cm³/mol. The highest BCUT2D eigenvalue weighted by Gasteiger charge is 2.73. The van der Waals surface area contributed by atoms with Gasteiger partial charge in [0, 0.05) is 36.3 Å². The Hall–Kier alpha value is -6.76. The SMILES string of the molecule is Cc1ccc(C)c([N+]2([C@H]3CN(S(=O)(=O)c4c(C)noc4C)C[C@@H]3c3c(C)cccc3C)CCN(C(=O)C3(OC(=O)C(F)(F)F)CN(C=O)CC[N@+]3(c3cc(C)ccc3C)[C@H]3CN(S(=O)(=O)c4c(C)noc4C)C[C@@H]3c3c(C)cccc3C)CC2)c1. The van der Waals surface area contributed by atoms with Crippen LogP contribution in [0.2, 0.25) is 0 Å². The van der Waals surface area contributed by atoms with Crippen LogP contribution in [0, 0.1) is 83.1 Å². The fourth-order valence-corrected chi connectivity index (χ4v) is 18.7. The van der Waals surface area contributed by atoms with Gasteiger partial charge in [0.05, 0.1) is 44.6 Å². The molecule has 1 unspecified atom stereocenters. The van der Waals surface area contributed by atoms with E-state index in [9.17, 15) is 9.59 Å². The van der Waals surface area contributed by atoms with Crippen LogP contribution in [-0.2, 0) is 39.2 Å². The van der Waals surface area contributed by atoms with Gasteiger partial charge >= 0.3 is 23.8 Å². The van der Waals surface area contributed by atoms with E-state index in [0.717, 1.165) is 49.5 Å². The Labute approximate surface area is 495 Å². The summed E-state index contributed by atoms with van der Waals surface area (Å²) >= 11 is 0. The van der Waals surface area contributed by atoms with Crippen molar-refractivity contribution in [1.82, 2.24) is 37.7 Å². The summed E-state index contributed by atoms with van der Waals surface area (Å²) in [6.45, 7) is 19.5. The van der Waals surface area contributed by atoms with Crippen molar-refractivity contribution in [2.75, 3.05) is 72.0 Å². The van der Waals surface area contributed by atoms with E-state index in [-0.39, 0.29) is 103 Å². The lowest BCUT2D eigenvalue weighted by atomic mass is 9.82. The number of nitrogens with zero attached hydrogens (tertiary/aromatic N) is 8. The lowest BCUT2D eigenvalue weighted by Gasteiger charge is -2.59. The molecule has 0 bridgehead atoms. The molecular formula is C62H75F3N8O10S2+2. The second-order valence-electron chi connectivity index (χ2n) is 24.1. The van der Waals surface area contributed by atoms with Gasteiger partial charge in [-0.15, -0.1) is 0 Å². The molecule has 2 aromatic heterocycles. The molecule has 0 aliphatic carbocycles. The number of quaternary nitrogens is 2. The van der Waals surface area contributed by atoms with Gasteiger partial charge in [-0.25, -0.2) is 26.1 Å². The van der Waals surface area contributed by atoms with Crippen LogP contribution in [0.5, 0.6) is 0 Å². The van der Waals surface area contributed by atoms with Crippen LogP contribution in [0.15, 0.2) is 91.6 Å². The third-order valence-corrected chi connectivity index (χ3v) is 23.1. The van der Waals surface area contributed by atoms with E-state index >= 15 is 34.8 Å². The Morgan fingerprint density at radius 1 is 0.612 bits per heavy atom. The lowest BCUT2D eigenvalue weighted by molar-refractivity contribution is -0.242. The van der Waals surface area contributed by atoms with Crippen molar-refractivity contribution in [3.05, 3.63) is 151 Å². The van der Waals surface area contributed by atoms with Crippen molar-refractivity contribution in [3.8, 4) is 0 Å². The van der Waals surface area contributed by atoms with Crippen LogP contribution in [0.1, 0.15) is 90.4 Å². The highest BCUT2D eigenvalue weighted by molar-refractivity contribution is 7.89. The van der Waals surface area contributed by atoms with Gasteiger partial charge in [0.1, 0.15) is 70.8 Å². The van der Waals surface area contributed by atoms with Crippen molar-refractivity contribution in [1.29, 1.82) is 0 Å². The number of carbonyl (C=O) groups excluding carboxylic acids is 3. The van der Waals surface area contributed by atoms with Gasteiger partial charge < -0.3 is 23.6 Å². The Balaban J connectivity index is 1.19. The molecular weight excluding hydrogens is 1140 g/mol. The number of aryl methyl sites for hydroxylation is 12. The molecule has 6 heterocycles. The first-order valence-corrected chi connectivity index (χ1v) is 31.5. The molecule has 4 aliphatic rings. The molecule has 454 valence electrons. The number of rotatable bonds is 13. The molecule has 6 atom stereocenters. The Kier molecular flexibility index (Phi) is 16.0. The van der Waals surface area contributed by atoms with Crippen LogP contribution in [0.3, 0.4) is 0 Å². The maximum atomic E-state index is 17.1. The average molecular weight is 1210 g/mol. The summed E-state index contributed by atoms with van der Waals surface area (Å²) in [5.41, 5.74) is 6.60. The summed E-state index contributed by atoms with van der Waals surface area (Å²) < 4.78 is 126. The number of alkyl halides is 3. The molecule has 0 saturated carbocycles. The smallest absolute Gasteiger partial charge is 0.392 e. The van der Waals surface area contributed by atoms with Gasteiger partial charge in [-0.2, -0.15) is 21.8 Å². The summed E-state index contributed by atoms with van der Waals surface area (Å²) in [5.74, 6) is -4.81. The third-order valence-electron chi connectivity index (χ3n) is 18.9. The minimum absolute atomic E-state index is 0.0189. The monoisotopic (exact) mass is 1210 g/mol. The number of esters is 1. The molecule has 0 N–H and O–H groups in total. The molecule has 0 spiro atoms. The van der Waals surface area contributed by atoms with Gasteiger partial charge in [0.2, 0.25) is 26.5 Å². The first-order valence-electron chi connectivity index (χ1n) is 28.6. The van der Waals surface area contributed by atoms with E-state index in [2.05, 4.69) is 16.4 Å².